The van der Waals surface area contributed by atoms with Gasteiger partial charge in [-0.15, -0.1) is 12.4 Å². The number of carbonyl (C=O) groups excluding carboxylic acids is 1. The van der Waals surface area contributed by atoms with Gasteiger partial charge in [-0.1, -0.05) is 60.2 Å². The number of amides is 1. The van der Waals surface area contributed by atoms with Crippen molar-refractivity contribution in [1.29, 1.82) is 0 Å². The first-order valence-electron chi connectivity index (χ1n) is 9.83. The van der Waals surface area contributed by atoms with Crippen LogP contribution in [0, 0.1) is 12.8 Å². The molecule has 3 rings (SSSR count). The zero-order chi connectivity index (χ0) is 19.2. The van der Waals surface area contributed by atoms with Crippen LogP contribution in [0.3, 0.4) is 0 Å². The second-order valence-electron chi connectivity index (χ2n) is 7.71. The smallest absolute Gasteiger partial charge is 0.226 e. The van der Waals surface area contributed by atoms with E-state index in [2.05, 4.69) is 12.2 Å². The van der Waals surface area contributed by atoms with Crippen molar-refractivity contribution in [3.63, 3.8) is 0 Å². The number of hydrogen-bond donors (Lipinski definition) is 2. The average molecular weight is 403 g/mol. The Morgan fingerprint density at radius 3 is 2.64 bits per heavy atom. The van der Waals surface area contributed by atoms with Crippen molar-refractivity contribution in [1.82, 2.24) is 10.2 Å². The van der Waals surface area contributed by atoms with Crippen LogP contribution in [0.1, 0.15) is 42.6 Å². The first-order valence-corrected chi connectivity index (χ1v) is 9.83. The minimum Gasteiger partial charge on any atom is -0.387 e. The highest BCUT2D eigenvalue weighted by atomic mass is 35.5. The van der Waals surface area contributed by atoms with Crippen molar-refractivity contribution in [2.24, 2.45) is 5.92 Å². The van der Waals surface area contributed by atoms with Gasteiger partial charge in [0.25, 0.3) is 0 Å². The van der Waals surface area contributed by atoms with Crippen molar-refractivity contribution in [3.8, 4) is 0 Å². The molecule has 1 aliphatic rings. The molecule has 1 unspecified atom stereocenters. The Morgan fingerprint density at radius 1 is 1.21 bits per heavy atom. The van der Waals surface area contributed by atoms with E-state index < -0.39 is 6.10 Å². The van der Waals surface area contributed by atoms with Gasteiger partial charge < -0.3 is 15.3 Å². The van der Waals surface area contributed by atoms with E-state index in [1.165, 1.54) is 0 Å². The molecule has 0 bridgehead atoms. The fourth-order valence-corrected chi connectivity index (χ4v) is 3.84. The molecule has 2 aromatic carbocycles. The lowest BCUT2D eigenvalue weighted by Gasteiger charge is -2.33. The lowest BCUT2D eigenvalue weighted by molar-refractivity contribution is -0.139. The van der Waals surface area contributed by atoms with Crippen LogP contribution in [0.5, 0.6) is 0 Å². The molecule has 3 atom stereocenters. The third-order valence-corrected chi connectivity index (χ3v) is 5.32. The minimum absolute atomic E-state index is 0. The molecule has 1 heterocycles. The van der Waals surface area contributed by atoms with Gasteiger partial charge >= 0.3 is 0 Å². The van der Waals surface area contributed by atoms with Gasteiger partial charge in [-0.3, -0.25) is 4.79 Å². The molecule has 0 saturated carbocycles. The number of piperidine rings is 1. The number of nitrogens with zero attached hydrogens (tertiary/aromatic N) is 1. The summed E-state index contributed by atoms with van der Waals surface area (Å²) in [5, 5.41) is 14.2. The van der Waals surface area contributed by atoms with Gasteiger partial charge in [0.15, 0.2) is 0 Å². The molecule has 4 nitrogen and oxygen atoms in total. The third kappa shape index (κ3) is 6.06. The van der Waals surface area contributed by atoms with Crippen LogP contribution in [-0.2, 0) is 11.3 Å². The molecule has 1 amide bonds. The first kappa shape index (κ1) is 22.4. The van der Waals surface area contributed by atoms with Crippen LogP contribution >= 0.6 is 12.4 Å². The summed E-state index contributed by atoms with van der Waals surface area (Å²) in [6.07, 6.45) is 1.02. The Morgan fingerprint density at radius 2 is 1.96 bits per heavy atom. The number of aliphatic hydroxyl groups excluding tert-OH is 1. The summed E-state index contributed by atoms with van der Waals surface area (Å²) in [5.41, 5.74) is 3.06. The summed E-state index contributed by atoms with van der Waals surface area (Å²) < 4.78 is 0. The fourth-order valence-electron chi connectivity index (χ4n) is 3.84. The van der Waals surface area contributed by atoms with Crippen LogP contribution in [-0.4, -0.2) is 35.0 Å². The molecule has 0 spiro atoms. The number of nitrogens with one attached hydrogen (secondary N) is 1. The molecule has 152 valence electrons. The Balaban J connectivity index is 0.00000280. The summed E-state index contributed by atoms with van der Waals surface area (Å²) in [4.78, 5) is 15.1. The zero-order valence-corrected chi connectivity index (χ0v) is 17.5. The topological polar surface area (TPSA) is 52.6 Å². The van der Waals surface area contributed by atoms with E-state index in [0.29, 0.717) is 19.1 Å². The molecule has 1 fully saturated rings. The summed E-state index contributed by atoms with van der Waals surface area (Å²) >= 11 is 0. The fraction of sp³-hybridized carbons (Fsp3) is 0.435. The lowest BCUT2D eigenvalue weighted by Crippen LogP contribution is -2.45. The number of carbonyl (C=O) groups is 1. The zero-order valence-electron chi connectivity index (χ0n) is 16.7. The maximum absolute atomic E-state index is 13.3. The van der Waals surface area contributed by atoms with E-state index in [0.717, 1.165) is 36.1 Å². The Labute approximate surface area is 174 Å². The van der Waals surface area contributed by atoms with Crippen molar-refractivity contribution < 1.29 is 9.90 Å². The van der Waals surface area contributed by atoms with Crippen LogP contribution < -0.4 is 5.32 Å². The molecule has 1 saturated heterocycles. The van der Waals surface area contributed by atoms with Crippen molar-refractivity contribution in [2.75, 3.05) is 13.1 Å². The molecular formula is C23H31ClN2O2. The maximum atomic E-state index is 13.3. The molecule has 5 heteroatoms. The Bertz CT molecular complexity index is 753. The van der Waals surface area contributed by atoms with Crippen LogP contribution in [0.25, 0.3) is 0 Å². The van der Waals surface area contributed by atoms with Crippen LogP contribution in [0.15, 0.2) is 54.6 Å². The number of aliphatic hydroxyl groups is 1. The normalized spacial score (nSPS) is 20.1. The summed E-state index contributed by atoms with van der Waals surface area (Å²) in [5.74, 6) is 0.175. The van der Waals surface area contributed by atoms with E-state index >= 15 is 0 Å². The number of hydrogen-bond acceptors (Lipinski definition) is 3. The summed E-state index contributed by atoms with van der Waals surface area (Å²) in [6.45, 7) is 5.86. The van der Waals surface area contributed by atoms with Gasteiger partial charge in [0, 0.05) is 18.5 Å². The average Bonchev–Trinajstić information content (AvgIpc) is 2.67. The molecule has 1 aliphatic heterocycles. The van der Waals surface area contributed by atoms with Gasteiger partial charge in [-0.05, 0) is 44.4 Å². The van der Waals surface area contributed by atoms with E-state index in [1.807, 2.05) is 66.4 Å². The van der Waals surface area contributed by atoms with Crippen molar-refractivity contribution in [2.45, 2.75) is 45.4 Å². The standard InChI is InChI=1S/C23H30N2O2.ClH/c1-17-7-6-10-20(13-17)22(26)16-25(15-19-8-4-3-5-9-19)23(27)21-11-12-24-18(2)14-21;/h3-10,13,18,21-22,24,26H,11-12,14-16H2,1-2H3;1H/t18-,21-,22?;/m0./s1. The predicted molar refractivity (Wildman–Crippen MR) is 115 cm³/mol. The summed E-state index contributed by atoms with van der Waals surface area (Å²) in [6, 6.07) is 18.3. The van der Waals surface area contributed by atoms with Gasteiger partial charge in [-0.2, -0.15) is 0 Å². The van der Waals surface area contributed by atoms with E-state index in [1.54, 1.807) is 0 Å². The lowest BCUT2D eigenvalue weighted by atomic mass is 9.91. The Hall–Kier alpha value is -1.88. The highest BCUT2D eigenvalue weighted by Crippen LogP contribution is 2.23. The van der Waals surface area contributed by atoms with Gasteiger partial charge in [0.2, 0.25) is 5.91 Å². The third-order valence-electron chi connectivity index (χ3n) is 5.32. The van der Waals surface area contributed by atoms with E-state index in [4.69, 9.17) is 0 Å². The summed E-state index contributed by atoms with van der Waals surface area (Å²) in [7, 11) is 0. The van der Waals surface area contributed by atoms with E-state index in [-0.39, 0.29) is 24.2 Å². The largest absolute Gasteiger partial charge is 0.387 e. The minimum atomic E-state index is -0.684. The van der Waals surface area contributed by atoms with Gasteiger partial charge in [0.1, 0.15) is 0 Å². The second kappa shape index (κ2) is 10.6. The number of rotatable bonds is 6. The highest BCUT2D eigenvalue weighted by Gasteiger charge is 2.29. The molecule has 0 aliphatic carbocycles. The maximum Gasteiger partial charge on any atom is 0.226 e. The molecular weight excluding hydrogens is 372 g/mol. The van der Waals surface area contributed by atoms with Gasteiger partial charge in [-0.25, -0.2) is 0 Å². The second-order valence-corrected chi connectivity index (χ2v) is 7.71. The van der Waals surface area contributed by atoms with E-state index in [9.17, 15) is 9.90 Å². The monoisotopic (exact) mass is 402 g/mol. The van der Waals surface area contributed by atoms with Gasteiger partial charge in [0.05, 0.1) is 12.6 Å². The molecule has 28 heavy (non-hydrogen) atoms. The predicted octanol–water partition coefficient (Wildman–Crippen LogP) is 3.87. The quantitative estimate of drug-likeness (QED) is 0.771. The highest BCUT2D eigenvalue weighted by molar-refractivity contribution is 5.85. The number of benzene rings is 2. The first-order chi connectivity index (χ1) is 13.0. The van der Waals surface area contributed by atoms with Crippen molar-refractivity contribution in [3.05, 3.63) is 71.3 Å². The number of aryl methyl sites for hydroxylation is 1. The SMILES string of the molecule is Cc1cccc(C(O)CN(Cc2ccccc2)C(=O)[C@H]2CCN[C@@H](C)C2)c1.Cl. The molecule has 0 radical (unpaired) electrons. The molecule has 2 aromatic rings. The van der Waals surface area contributed by atoms with Crippen LogP contribution in [0.4, 0.5) is 0 Å². The number of halogens is 1. The molecule has 0 aromatic heterocycles. The Kier molecular flexibility index (Phi) is 8.49. The molecule has 2 N–H and O–H groups in total. The van der Waals surface area contributed by atoms with Crippen LogP contribution in [0.2, 0.25) is 0 Å². The van der Waals surface area contributed by atoms with Crippen molar-refractivity contribution >= 4 is 18.3 Å².